The van der Waals surface area contributed by atoms with Gasteiger partial charge in [0.25, 0.3) is 0 Å². The molecular formula is C14H28. The van der Waals surface area contributed by atoms with Gasteiger partial charge in [-0.25, -0.2) is 0 Å². The standard InChI is InChI=1S/C14H28/c1-12(2)11-14(13(3,4)5)9-7-6-8-10-14/h12H,6-11H2,1-5H3. The van der Waals surface area contributed by atoms with Gasteiger partial charge in [0.1, 0.15) is 0 Å². The SMILES string of the molecule is CC(C)CC1(C(C)(C)C)CCCCC1. The average molecular weight is 196 g/mol. The van der Waals surface area contributed by atoms with Crippen LogP contribution in [0.25, 0.3) is 0 Å². The van der Waals surface area contributed by atoms with Gasteiger partial charge in [-0.1, -0.05) is 53.9 Å². The van der Waals surface area contributed by atoms with Crippen LogP contribution in [0.3, 0.4) is 0 Å². The van der Waals surface area contributed by atoms with Crippen molar-refractivity contribution in [1.82, 2.24) is 0 Å². The first kappa shape index (κ1) is 12.1. The smallest absolute Gasteiger partial charge is 0.0246 e. The molecule has 1 aliphatic carbocycles. The Bertz CT molecular complexity index is 165. The molecule has 0 unspecified atom stereocenters. The highest BCUT2D eigenvalue weighted by Crippen LogP contribution is 2.53. The van der Waals surface area contributed by atoms with Crippen molar-refractivity contribution in [2.24, 2.45) is 16.7 Å². The molecule has 0 nitrogen and oxygen atoms in total. The molecule has 0 aromatic rings. The second kappa shape index (κ2) is 4.24. The van der Waals surface area contributed by atoms with Crippen LogP contribution >= 0.6 is 0 Å². The molecular weight excluding hydrogens is 168 g/mol. The van der Waals surface area contributed by atoms with E-state index in [0.717, 1.165) is 5.92 Å². The van der Waals surface area contributed by atoms with Crippen LogP contribution in [0.15, 0.2) is 0 Å². The van der Waals surface area contributed by atoms with E-state index in [2.05, 4.69) is 34.6 Å². The molecule has 0 heteroatoms. The summed E-state index contributed by atoms with van der Waals surface area (Å²) in [6, 6.07) is 0. The monoisotopic (exact) mass is 196 g/mol. The van der Waals surface area contributed by atoms with Crippen molar-refractivity contribution in [3.8, 4) is 0 Å². The summed E-state index contributed by atoms with van der Waals surface area (Å²) in [4.78, 5) is 0. The maximum absolute atomic E-state index is 2.45. The summed E-state index contributed by atoms with van der Waals surface area (Å²) in [5.41, 5.74) is 1.14. The van der Waals surface area contributed by atoms with Gasteiger partial charge in [-0.05, 0) is 36.0 Å². The summed E-state index contributed by atoms with van der Waals surface area (Å²) in [6.07, 6.45) is 8.75. The zero-order valence-electron chi connectivity index (χ0n) is 10.8. The van der Waals surface area contributed by atoms with Crippen LogP contribution in [0.2, 0.25) is 0 Å². The lowest BCUT2D eigenvalue weighted by atomic mass is 9.56. The number of rotatable bonds is 2. The largest absolute Gasteiger partial charge is 0.0628 e. The van der Waals surface area contributed by atoms with Gasteiger partial charge in [0.2, 0.25) is 0 Å². The van der Waals surface area contributed by atoms with Crippen LogP contribution in [0.4, 0.5) is 0 Å². The molecule has 0 saturated heterocycles. The molecule has 0 radical (unpaired) electrons. The van der Waals surface area contributed by atoms with E-state index in [4.69, 9.17) is 0 Å². The fraction of sp³-hybridized carbons (Fsp3) is 1.00. The Kier molecular flexibility index (Phi) is 3.66. The van der Waals surface area contributed by atoms with Crippen molar-refractivity contribution in [1.29, 1.82) is 0 Å². The minimum atomic E-state index is 0.498. The third kappa shape index (κ3) is 2.52. The van der Waals surface area contributed by atoms with Gasteiger partial charge in [-0.15, -0.1) is 0 Å². The number of hydrogen-bond acceptors (Lipinski definition) is 0. The van der Waals surface area contributed by atoms with Crippen molar-refractivity contribution in [3.05, 3.63) is 0 Å². The summed E-state index contributed by atoms with van der Waals surface area (Å²) >= 11 is 0. The minimum absolute atomic E-state index is 0.498. The third-order valence-electron chi connectivity index (χ3n) is 4.20. The molecule has 1 saturated carbocycles. The third-order valence-corrected chi connectivity index (χ3v) is 4.20. The van der Waals surface area contributed by atoms with Crippen molar-refractivity contribution < 1.29 is 0 Å². The lowest BCUT2D eigenvalue weighted by Crippen LogP contribution is -2.38. The van der Waals surface area contributed by atoms with Gasteiger partial charge in [-0.3, -0.25) is 0 Å². The Morgan fingerprint density at radius 3 is 1.86 bits per heavy atom. The van der Waals surface area contributed by atoms with Crippen LogP contribution < -0.4 is 0 Å². The lowest BCUT2D eigenvalue weighted by Gasteiger charge is -2.49. The molecule has 1 fully saturated rings. The van der Waals surface area contributed by atoms with Crippen LogP contribution in [0, 0.1) is 16.7 Å². The summed E-state index contributed by atoms with van der Waals surface area (Å²) < 4.78 is 0. The van der Waals surface area contributed by atoms with E-state index in [1.165, 1.54) is 38.5 Å². The van der Waals surface area contributed by atoms with Gasteiger partial charge in [-0.2, -0.15) is 0 Å². The molecule has 0 aromatic heterocycles. The van der Waals surface area contributed by atoms with E-state index in [1.807, 2.05) is 0 Å². The fourth-order valence-corrected chi connectivity index (χ4v) is 3.27. The van der Waals surface area contributed by atoms with Gasteiger partial charge >= 0.3 is 0 Å². The van der Waals surface area contributed by atoms with E-state index < -0.39 is 0 Å². The molecule has 0 N–H and O–H groups in total. The molecule has 0 heterocycles. The molecule has 0 spiro atoms. The van der Waals surface area contributed by atoms with Crippen molar-refractivity contribution in [2.75, 3.05) is 0 Å². The fourth-order valence-electron chi connectivity index (χ4n) is 3.27. The van der Waals surface area contributed by atoms with E-state index in [1.54, 1.807) is 0 Å². The first-order chi connectivity index (χ1) is 6.37. The van der Waals surface area contributed by atoms with Crippen molar-refractivity contribution >= 4 is 0 Å². The van der Waals surface area contributed by atoms with E-state index in [0.29, 0.717) is 10.8 Å². The average Bonchev–Trinajstić information content (AvgIpc) is 2.02. The van der Waals surface area contributed by atoms with Crippen LogP contribution in [0.1, 0.15) is 73.1 Å². The molecule has 1 rings (SSSR count). The molecule has 84 valence electrons. The van der Waals surface area contributed by atoms with E-state index >= 15 is 0 Å². The van der Waals surface area contributed by atoms with Crippen LogP contribution in [-0.2, 0) is 0 Å². The van der Waals surface area contributed by atoms with Gasteiger partial charge in [0, 0.05) is 0 Å². The quantitative estimate of drug-likeness (QED) is 0.581. The second-order valence-electron chi connectivity index (χ2n) is 6.69. The van der Waals surface area contributed by atoms with E-state index in [9.17, 15) is 0 Å². The normalized spacial score (nSPS) is 22.7. The van der Waals surface area contributed by atoms with E-state index in [-0.39, 0.29) is 0 Å². The Hall–Kier alpha value is 0. The lowest BCUT2D eigenvalue weighted by molar-refractivity contribution is 0.0171. The Balaban J connectivity index is 2.77. The summed E-state index contributed by atoms with van der Waals surface area (Å²) in [7, 11) is 0. The molecule has 1 aliphatic rings. The topological polar surface area (TPSA) is 0 Å². The highest BCUT2D eigenvalue weighted by Gasteiger charge is 2.42. The van der Waals surface area contributed by atoms with Crippen LogP contribution in [-0.4, -0.2) is 0 Å². The Morgan fingerprint density at radius 1 is 1.00 bits per heavy atom. The molecule has 14 heavy (non-hydrogen) atoms. The molecule has 0 aliphatic heterocycles. The Morgan fingerprint density at radius 2 is 1.50 bits per heavy atom. The Labute approximate surface area is 90.5 Å². The molecule has 0 amide bonds. The van der Waals surface area contributed by atoms with Crippen molar-refractivity contribution in [3.63, 3.8) is 0 Å². The highest BCUT2D eigenvalue weighted by atomic mass is 14.5. The van der Waals surface area contributed by atoms with Gasteiger partial charge in [0.05, 0.1) is 0 Å². The minimum Gasteiger partial charge on any atom is -0.0628 e. The zero-order chi connectivity index (χ0) is 10.8. The first-order valence-corrected chi connectivity index (χ1v) is 6.37. The summed E-state index contributed by atoms with van der Waals surface area (Å²) in [6.45, 7) is 12.1. The molecule has 0 aromatic carbocycles. The zero-order valence-corrected chi connectivity index (χ0v) is 10.8. The predicted molar refractivity (Wildman–Crippen MR) is 64.4 cm³/mol. The van der Waals surface area contributed by atoms with Gasteiger partial charge in [0.15, 0.2) is 0 Å². The van der Waals surface area contributed by atoms with Gasteiger partial charge < -0.3 is 0 Å². The highest BCUT2D eigenvalue weighted by molar-refractivity contribution is 4.92. The molecule has 0 bridgehead atoms. The number of hydrogen-bond donors (Lipinski definition) is 0. The first-order valence-electron chi connectivity index (χ1n) is 6.37. The predicted octanol–water partition coefficient (Wildman–Crippen LogP) is 5.03. The van der Waals surface area contributed by atoms with Crippen molar-refractivity contribution in [2.45, 2.75) is 73.1 Å². The maximum atomic E-state index is 2.45. The maximum Gasteiger partial charge on any atom is -0.0246 e. The second-order valence-corrected chi connectivity index (χ2v) is 6.69. The molecule has 0 atom stereocenters. The summed E-state index contributed by atoms with van der Waals surface area (Å²) in [5.74, 6) is 0.854. The van der Waals surface area contributed by atoms with Crippen LogP contribution in [0.5, 0.6) is 0 Å². The summed E-state index contributed by atoms with van der Waals surface area (Å²) in [5, 5.41) is 0.